The number of alkyl halides is 3. The topological polar surface area (TPSA) is 50.2 Å². The number of aliphatic hydroxyl groups is 1. The minimum atomic E-state index is -4.24. The van der Waals surface area contributed by atoms with Crippen molar-refractivity contribution in [2.75, 3.05) is 0 Å². The molecule has 0 atom stereocenters. The van der Waals surface area contributed by atoms with Crippen molar-refractivity contribution < 1.29 is 43.2 Å². The van der Waals surface area contributed by atoms with Crippen LogP contribution in [0.3, 0.4) is 0 Å². The smallest absolute Gasteiger partial charge is 0.394 e. The number of carbonyl (C=O) groups excluding carboxylic acids is 1. The SMILES string of the molecule is CC(C)C(C(=O)/C=C(\O)C(C(C)C)C(C)C)C(C)C.Cc1[c-]c(-c2nccc3c(C)c(-c4ccc(-c5ccc(CC(C)(C)C(F)(F)F)cc5)cc4)sc23)cc(C)c1.[Ir]. The van der Waals surface area contributed by atoms with E-state index in [2.05, 4.69) is 125 Å². The second-order valence-electron chi connectivity index (χ2n) is 17.7. The fraction of sp³-hybridized carbons (Fsp3) is 0.440. The van der Waals surface area contributed by atoms with Crippen LogP contribution in [0.1, 0.15) is 91.5 Å². The number of hydrogen-bond donors (Lipinski definition) is 1. The number of pyridine rings is 1. The van der Waals surface area contributed by atoms with Gasteiger partial charge in [0, 0.05) is 59.5 Å². The molecule has 0 aliphatic carbocycles. The number of ketones is 1. The number of benzene rings is 3. The number of aromatic nitrogens is 1. The van der Waals surface area contributed by atoms with Crippen LogP contribution in [0.2, 0.25) is 0 Å². The van der Waals surface area contributed by atoms with Gasteiger partial charge < -0.3 is 10.1 Å². The van der Waals surface area contributed by atoms with E-state index in [0.29, 0.717) is 29.2 Å². The van der Waals surface area contributed by atoms with Gasteiger partial charge in [0.2, 0.25) is 0 Å². The number of fused-ring (bicyclic) bond motifs is 1. The van der Waals surface area contributed by atoms with Gasteiger partial charge in [0.15, 0.2) is 5.78 Å². The molecule has 0 aliphatic rings. The van der Waals surface area contributed by atoms with Crippen molar-refractivity contribution in [2.45, 2.75) is 103 Å². The van der Waals surface area contributed by atoms with E-state index >= 15 is 0 Å². The number of thiophene rings is 1. The molecule has 2 heterocycles. The van der Waals surface area contributed by atoms with Crippen LogP contribution in [0.5, 0.6) is 0 Å². The molecule has 0 amide bonds. The number of aryl methyl sites for hydroxylation is 3. The molecule has 1 N–H and O–H groups in total. The Balaban J connectivity index is 0.000000384. The number of halogens is 3. The van der Waals surface area contributed by atoms with Gasteiger partial charge in [-0.05, 0) is 76.3 Å². The van der Waals surface area contributed by atoms with E-state index in [0.717, 1.165) is 38.2 Å². The second kappa shape index (κ2) is 20.1. The van der Waals surface area contributed by atoms with Gasteiger partial charge in [0.1, 0.15) is 0 Å². The minimum Gasteiger partial charge on any atom is -0.512 e. The second-order valence-corrected chi connectivity index (χ2v) is 18.7. The van der Waals surface area contributed by atoms with Crippen LogP contribution < -0.4 is 0 Å². The first-order chi connectivity index (χ1) is 26.5. The van der Waals surface area contributed by atoms with Crippen molar-refractivity contribution in [1.82, 2.24) is 4.98 Å². The van der Waals surface area contributed by atoms with Crippen LogP contribution in [0.25, 0.3) is 42.9 Å². The van der Waals surface area contributed by atoms with Crippen molar-refractivity contribution in [1.29, 1.82) is 0 Å². The number of hydrogen-bond acceptors (Lipinski definition) is 4. The summed E-state index contributed by atoms with van der Waals surface area (Å²) in [4.78, 5) is 18.3. The van der Waals surface area contributed by atoms with Crippen LogP contribution in [-0.4, -0.2) is 22.1 Å². The number of aliphatic hydroxyl groups excluding tert-OH is 1. The van der Waals surface area contributed by atoms with Crippen molar-refractivity contribution in [3.8, 4) is 32.8 Å². The van der Waals surface area contributed by atoms with Crippen molar-refractivity contribution in [2.24, 2.45) is 40.9 Å². The Kier molecular flexibility index (Phi) is 16.9. The third-order valence-corrected chi connectivity index (χ3v) is 12.3. The maximum Gasteiger partial charge on any atom is 0.394 e. The monoisotopic (exact) mass is 989 g/mol. The Labute approximate surface area is 363 Å². The molecule has 0 saturated heterocycles. The summed E-state index contributed by atoms with van der Waals surface area (Å²) < 4.78 is 41.0. The zero-order chi connectivity index (χ0) is 42.6. The van der Waals surface area contributed by atoms with E-state index in [9.17, 15) is 23.1 Å². The van der Waals surface area contributed by atoms with Gasteiger partial charge in [0.25, 0.3) is 0 Å². The number of allylic oxidation sites excluding steroid dienone is 2. The Morgan fingerprint density at radius 3 is 1.76 bits per heavy atom. The summed E-state index contributed by atoms with van der Waals surface area (Å²) in [5, 5.41) is 11.5. The molecule has 2 aromatic heterocycles. The van der Waals surface area contributed by atoms with Gasteiger partial charge in [-0.25, -0.2) is 0 Å². The largest absolute Gasteiger partial charge is 0.512 e. The summed E-state index contributed by atoms with van der Waals surface area (Å²) in [5.74, 6) is 1.63. The molecule has 0 unspecified atom stereocenters. The third kappa shape index (κ3) is 11.8. The quantitative estimate of drug-likeness (QED) is 0.0770. The van der Waals surface area contributed by atoms with Crippen LogP contribution in [0.15, 0.2) is 84.8 Å². The maximum absolute atomic E-state index is 13.3. The fourth-order valence-electron chi connectivity index (χ4n) is 8.10. The Morgan fingerprint density at radius 1 is 0.776 bits per heavy atom. The molecule has 1 radical (unpaired) electrons. The van der Waals surface area contributed by atoms with E-state index in [1.165, 1.54) is 41.3 Å². The zero-order valence-electron chi connectivity index (χ0n) is 36.4. The van der Waals surface area contributed by atoms with Crippen molar-refractivity contribution >= 4 is 27.2 Å². The summed E-state index contributed by atoms with van der Waals surface area (Å²) in [5.41, 5.74) is 7.54. The summed E-state index contributed by atoms with van der Waals surface area (Å²) in [7, 11) is 0. The number of carbonyl (C=O) groups is 1. The predicted octanol–water partition coefficient (Wildman–Crippen LogP) is 15.0. The summed E-state index contributed by atoms with van der Waals surface area (Å²) in [6.07, 6.45) is -0.928. The van der Waals surface area contributed by atoms with Gasteiger partial charge in [-0.1, -0.05) is 132 Å². The minimum absolute atomic E-state index is 0. The first-order valence-electron chi connectivity index (χ1n) is 20.1. The Bertz CT molecular complexity index is 2120. The summed E-state index contributed by atoms with van der Waals surface area (Å²) in [6, 6.07) is 25.6. The molecule has 0 saturated carbocycles. The van der Waals surface area contributed by atoms with Crippen LogP contribution in [-0.2, 0) is 31.3 Å². The van der Waals surface area contributed by atoms with Crippen LogP contribution in [0.4, 0.5) is 13.2 Å². The van der Waals surface area contributed by atoms with Gasteiger partial charge >= 0.3 is 6.18 Å². The van der Waals surface area contributed by atoms with E-state index in [4.69, 9.17) is 4.98 Å². The van der Waals surface area contributed by atoms with Crippen LogP contribution >= 0.6 is 11.3 Å². The van der Waals surface area contributed by atoms with Crippen LogP contribution in [0, 0.1) is 67.8 Å². The molecular formula is C50H61F3IrNO2S-. The fourth-order valence-corrected chi connectivity index (χ4v) is 9.41. The normalized spacial score (nSPS) is 12.6. The Morgan fingerprint density at radius 2 is 1.28 bits per heavy atom. The van der Waals surface area contributed by atoms with E-state index in [1.807, 2.05) is 18.3 Å². The van der Waals surface area contributed by atoms with Gasteiger partial charge in [-0.3, -0.25) is 4.79 Å². The van der Waals surface area contributed by atoms with E-state index < -0.39 is 11.6 Å². The molecule has 315 valence electrons. The van der Waals surface area contributed by atoms with Gasteiger partial charge in [-0.2, -0.15) is 13.2 Å². The molecule has 0 bridgehead atoms. The van der Waals surface area contributed by atoms with Gasteiger partial charge in [-0.15, -0.1) is 46.2 Å². The average molecular weight is 989 g/mol. The molecule has 5 rings (SSSR count). The third-order valence-electron chi connectivity index (χ3n) is 10.9. The first-order valence-corrected chi connectivity index (χ1v) is 20.9. The maximum atomic E-state index is 13.3. The predicted molar refractivity (Wildman–Crippen MR) is 235 cm³/mol. The molecule has 0 spiro atoms. The summed E-state index contributed by atoms with van der Waals surface area (Å²) >= 11 is 1.75. The standard InChI is InChI=1S/C33H29F3NS.C17H32O2.Ir/c1-20-16-21(2)18-27(17-20)29-31-28(14-15-37-29)22(3)30(38-31)26-12-10-25(11-13-26)24-8-6-23(7-9-24)19-32(4,5)33(34,35)36;1-10(2)16(11(3)4)14(18)9-15(19)17(12(5)6)13(7)8;/h6-17H,19H2,1-5H3;9-13,16-18H,1-8H3;/q-1;;/b;14-9-;. The van der Waals surface area contributed by atoms with Crippen molar-refractivity contribution in [3.63, 3.8) is 0 Å². The molecule has 3 aromatic carbocycles. The molecule has 58 heavy (non-hydrogen) atoms. The molecular weight excluding hydrogens is 928 g/mol. The number of rotatable bonds is 12. The molecule has 0 aliphatic heterocycles. The number of nitrogens with zero attached hydrogens (tertiary/aromatic N) is 1. The zero-order valence-corrected chi connectivity index (χ0v) is 39.6. The molecule has 5 aromatic rings. The Hall–Kier alpha value is -3.58. The van der Waals surface area contributed by atoms with E-state index in [-0.39, 0.29) is 49.9 Å². The average Bonchev–Trinajstić information content (AvgIpc) is 3.43. The van der Waals surface area contributed by atoms with Gasteiger partial charge in [0.05, 0.1) is 11.2 Å². The molecule has 3 nitrogen and oxygen atoms in total. The molecule has 0 fully saturated rings. The van der Waals surface area contributed by atoms with E-state index in [1.54, 1.807) is 23.5 Å². The summed E-state index contributed by atoms with van der Waals surface area (Å²) in [6.45, 7) is 25.4. The van der Waals surface area contributed by atoms with Crippen molar-refractivity contribution in [3.05, 3.63) is 113 Å². The molecule has 8 heteroatoms. The first kappa shape index (κ1) is 48.8.